The zero-order chi connectivity index (χ0) is 15.6. The lowest BCUT2D eigenvalue weighted by molar-refractivity contribution is -0.374. The number of carbonyl (C=O) groups is 1. The van der Waals surface area contributed by atoms with E-state index in [1.165, 1.54) is 12.2 Å². The van der Waals surface area contributed by atoms with Crippen molar-refractivity contribution >= 4 is 16.8 Å². The third-order valence-electron chi connectivity index (χ3n) is 1.83. The quantitative estimate of drug-likeness (QED) is 0.193. The number of aliphatic hydroxyl groups is 1. The van der Waals surface area contributed by atoms with Crippen molar-refractivity contribution in [1.82, 2.24) is 0 Å². The van der Waals surface area contributed by atoms with Crippen LogP contribution >= 0.6 is 11.6 Å². The Bertz CT molecular complexity index is 326. The molecule has 116 valence electrons. The van der Waals surface area contributed by atoms with Crippen molar-refractivity contribution < 1.29 is 38.2 Å². The average Bonchev–Trinajstić information content (AvgIpc) is 2.39. The summed E-state index contributed by atoms with van der Waals surface area (Å²) in [7, 11) is 0. The number of hydrogen-bond acceptors (Lipinski definition) is 6. The van der Waals surface area contributed by atoms with Crippen molar-refractivity contribution in [1.29, 1.82) is 0 Å². The molecule has 0 saturated carbocycles. The lowest BCUT2D eigenvalue weighted by Gasteiger charge is -2.26. The lowest BCUT2D eigenvalue weighted by atomic mass is 10.1. The van der Waals surface area contributed by atoms with Gasteiger partial charge in [0.2, 0.25) is 0 Å². The van der Waals surface area contributed by atoms with Crippen LogP contribution in [0.3, 0.4) is 0 Å². The van der Waals surface area contributed by atoms with Crippen molar-refractivity contribution in [2.24, 2.45) is 0 Å². The summed E-state index contributed by atoms with van der Waals surface area (Å²) < 4.78 is 27.0. The van der Waals surface area contributed by atoms with Crippen LogP contribution in [0.1, 0.15) is 0 Å². The van der Waals surface area contributed by atoms with Crippen LogP contribution in [-0.2, 0) is 24.3 Å². The van der Waals surface area contributed by atoms with Gasteiger partial charge in [-0.25, -0.2) is 19.6 Å². The van der Waals surface area contributed by atoms with Crippen molar-refractivity contribution in [3.63, 3.8) is 0 Å². The second-order valence-corrected chi connectivity index (χ2v) is 3.76. The molecule has 0 radical (unpaired) electrons. The van der Waals surface area contributed by atoms with Gasteiger partial charge in [0, 0.05) is 0 Å². The summed E-state index contributed by atoms with van der Waals surface area (Å²) in [6, 6.07) is 0. The summed E-state index contributed by atoms with van der Waals surface area (Å²) in [5.41, 5.74) is 0. The molecule has 0 unspecified atom stereocenters. The first kappa shape index (κ1) is 19.1. The Labute approximate surface area is 119 Å². The van der Waals surface area contributed by atoms with E-state index in [4.69, 9.17) is 11.6 Å². The Morgan fingerprint density at radius 3 is 2.30 bits per heavy atom. The molecule has 0 aromatic rings. The van der Waals surface area contributed by atoms with E-state index < -0.39 is 30.0 Å². The van der Waals surface area contributed by atoms with Crippen LogP contribution in [0, 0.1) is 0 Å². The van der Waals surface area contributed by atoms with Crippen molar-refractivity contribution in [2.45, 2.75) is 18.1 Å². The Balaban J connectivity index is 4.60. The number of carbonyl (C=O) groups excluding carboxylic acids is 1. The molecule has 9 heteroatoms. The molecule has 0 heterocycles. The second kappa shape index (κ2) is 9.92. The molecule has 0 rings (SSSR count). The number of hydrogen-bond donors (Lipinski definition) is 1. The molecule has 0 fully saturated rings. The molecule has 0 spiro atoms. The summed E-state index contributed by atoms with van der Waals surface area (Å²) in [6.07, 6.45) is -1.74. The van der Waals surface area contributed by atoms with Gasteiger partial charge in [0.1, 0.15) is 25.9 Å². The fourth-order valence-electron chi connectivity index (χ4n) is 0.940. The van der Waals surface area contributed by atoms with Crippen LogP contribution in [0.15, 0.2) is 25.3 Å². The van der Waals surface area contributed by atoms with Crippen molar-refractivity contribution in [2.75, 3.05) is 19.8 Å². The van der Waals surface area contributed by atoms with Crippen LogP contribution in [-0.4, -0.2) is 48.3 Å². The Hall–Kier alpha value is -0.900. The minimum absolute atomic E-state index is 0.0178. The lowest BCUT2D eigenvalue weighted by Crippen LogP contribution is -2.50. The van der Waals surface area contributed by atoms with E-state index in [9.17, 15) is 18.7 Å². The van der Waals surface area contributed by atoms with E-state index >= 15 is 0 Å². The molecule has 0 saturated heterocycles. The zero-order valence-corrected chi connectivity index (χ0v) is 11.2. The fraction of sp³-hybridized carbons (Fsp3) is 0.545. The molecule has 0 aromatic heterocycles. The highest BCUT2D eigenvalue weighted by Gasteiger charge is 2.52. The maximum absolute atomic E-state index is 13.5. The standard InChI is InChI=1S/C11H15ClF2O6/c1-3-5-17-19-7-8(15)9(20-18-6-4-2)11(13,14)10(12)16/h3-4,8-9,15H,1-2,5-7H2/t8-,9-/m1/s1. The summed E-state index contributed by atoms with van der Waals surface area (Å²) in [5, 5.41) is 7.54. The summed E-state index contributed by atoms with van der Waals surface area (Å²) in [5.74, 6) is -4.18. The summed E-state index contributed by atoms with van der Waals surface area (Å²) in [6.45, 7) is 5.64. The molecule has 0 aromatic carbocycles. The van der Waals surface area contributed by atoms with E-state index in [0.717, 1.165) is 0 Å². The van der Waals surface area contributed by atoms with E-state index in [2.05, 4.69) is 32.7 Å². The molecular weight excluding hydrogens is 302 g/mol. The molecular formula is C11H15ClF2O6. The topological polar surface area (TPSA) is 74.2 Å². The Morgan fingerprint density at radius 1 is 1.25 bits per heavy atom. The van der Waals surface area contributed by atoms with Gasteiger partial charge in [-0.1, -0.05) is 12.2 Å². The normalized spacial score (nSPS) is 14.6. The van der Waals surface area contributed by atoms with E-state index in [-0.39, 0.29) is 13.2 Å². The molecule has 6 nitrogen and oxygen atoms in total. The predicted molar refractivity (Wildman–Crippen MR) is 64.9 cm³/mol. The molecule has 0 aliphatic heterocycles. The molecule has 20 heavy (non-hydrogen) atoms. The van der Waals surface area contributed by atoms with Crippen molar-refractivity contribution in [3.8, 4) is 0 Å². The largest absolute Gasteiger partial charge is 0.387 e. The van der Waals surface area contributed by atoms with Gasteiger partial charge in [0.25, 0.3) is 5.24 Å². The highest BCUT2D eigenvalue weighted by molar-refractivity contribution is 6.65. The first-order valence-electron chi connectivity index (χ1n) is 5.38. The van der Waals surface area contributed by atoms with Gasteiger partial charge < -0.3 is 5.11 Å². The molecule has 1 N–H and O–H groups in total. The zero-order valence-electron chi connectivity index (χ0n) is 10.5. The molecule has 0 aliphatic carbocycles. The highest BCUT2D eigenvalue weighted by atomic mass is 35.5. The van der Waals surface area contributed by atoms with Gasteiger partial charge in [-0.2, -0.15) is 8.78 Å². The maximum Gasteiger partial charge on any atom is 0.351 e. The third-order valence-corrected chi connectivity index (χ3v) is 2.09. The van der Waals surface area contributed by atoms with E-state index in [1.54, 1.807) is 0 Å². The number of rotatable bonds is 12. The van der Waals surface area contributed by atoms with Crippen LogP contribution < -0.4 is 0 Å². The fourth-order valence-corrected chi connectivity index (χ4v) is 1.05. The highest BCUT2D eigenvalue weighted by Crippen LogP contribution is 2.27. The van der Waals surface area contributed by atoms with Gasteiger partial charge in [0.05, 0.1) is 0 Å². The number of halogens is 3. The first-order valence-corrected chi connectivity index (χ1v) is 5.76. The smallest absolute Gasteiger partial charge is 0.351 e. The SMILES string of the molecule is C=CCOOC[C@@H](O)[C@@H](OOCC=C)C(F)(F)C(=O)Cl. The van der Waals surface area contributed by atoms with Crippen molar-refractivity contribution in [3.05, 3.63) is 25.3 Å². The number of aliphatic hydroxyl groups excluding tert-OH is 1. The molecule has 0 amide bonds. The second-order valence-electron chi connectivity index (χ2n) is 3.41. The van der Waals surface area contributed by atoms with E-state index in [1.807, 2.05) is 0 Å². The molecule has 2 atom stereocenters. The van der Waals surface area contributed by atoms with Crippen LogP contribution in [0.25, 0.3) is 0 Å². The summed E-state index contributed by atoms with van der Waals surface area (Å²) >= 11 is 4.76. The van der Waals surface area contributed by atoms with Crippen LogP contribution in [0.2, 0.25) is 0 Å². The minimum atomic E-state index is -4.18. The van der Waals surface area contributed by atoms with Gasteiger partial charge in [-0.05, 0) is 11.6 Å². The Kier molecular flexibility index (Phi) is 9.47. The van der Waals surface area contributed by atoms with Crippen LogP contribution in [0.5, 0.6) is 0 Å². The third kappa shape index (κ3) is 6.51. The summed E-state index contributed by atoms with van der Waals surface area (Å²) in [4.78, 5) is 28.2. The van der Waals surface area contributed by atoms with Gasteiger partial charge in [0.15, 0.2) is 6.10 Å². The van der Waals surface area contributed by atoms with Gasteiger partial charge in [-0.3, -0.25) is 4.79 Å². The van der Waals surface area contributed by atoms with Gasteiger partial charge >= 0.3 is 5.92 Å². The Morgan fingerprint density at radius 2 is 1.80 bits per heavy atom. The minimum Gasteiger partial charge on any atom is -0.387 e. The monoisotopic (exact) mass is 316 g/mol. The predicted octanol–water partition coefficient (Wildman–Crippen LogP) is 1.38. The molecule has 0 bridgehead atoms. The first-order chi connectivity index (χ1) is 9.37. The molecule has 0 aliphatic rings. The van der Waals surface area contributed by atoms with Crippen LogP contribution in [0.4, 0.5) is 8.78 Å². The van der Waals surface area contributed by atoms with E-state index in [0.29, 0.717) is 0 Å². The maximum atomic E-state index is 13.5. The average molecular weight is 317 g/mol. The number of alkyl halides is 2. The van der Waals surface area contributed by atoms with Gasteiger partial charge in [-0.15, -0.1) is 13.2 Å².